The zero-order valence-corrected chi connectivity index (χ0v) is 15.0. The largest absolute Gasteiger partial charge is 0.496 e. The third-order valence-corrected chi connectivity index (χ3v) is 3.98. The molecule has 2 rings (SSSR count). The Morgan fingerprint density at radius 1 is 1.19 bits per heavy atom. The van der Waals surface area contributed by atoms with Crippen LogP contribution in [0, 0.1) is 17.0 Å². The van der Waals surface area contributed by atoms with Crippen LogP contribution >= 0.6 is 11.6 Å². The number of benzene rings is 2. The van der Waals surface area contributed by atoms with Crippen LogP contribution in [-0.2, 0) is 4.79 Å². The zero-order valence-electron chi connectivity index (χ0n) is 14.2. The third-order valence-electron chi connectivity index (χ3n) is 3.67. The number of carbonyl (C=O) groups excluding carboxylic acids is 2. The van der Waals surface area contributed by atoms with Crippen molar-refractivity contribution in [1.29, 1.82) is 0 Å². The average molecular weight is 377 g/mol. The van der Waals surface area contributed by atoms with E-state index in [-0.39, 0.29) is 35.0 Å². The van der Waals surface area contributed by atoms with E-state index in [1.807, 2.05) is 13.0 Å². The number of carbonyl (C=O) groups is 2. The van der Waals surface area contributed by atoms with E-state index in [0.29, 0.717) is 11.3 Å². The molecule has 8 heteroatoms. The fourth-order valence-corrected chi connectivity index (χ4v) is 2.56. The molecule has 7 nitrogen and oxygen atoms in total. The first-order chi connectivity index (χ1) is 12.3. The molecule has 0 aliphatic rings. The van der Waals surface area contributed by atoms with E-state index in [9.17, 15) is 19.7 Å². The maximum atomic E-state index is 12.4. The van der Waals surface area contributed by atoms with Crippen molar-refractivity contribution >= 4 is 34.7 Å². The van der Waals surface area contributed by atoms with Gasteiger partial charge in [-0.05, 0) is 25.1 Å². The summed E-state index contributed by atoms with van der Waals surface area (Å²) >= 11 is 5.93. The average Bonchev–Trinajstić information content (AvgIpc) is 2.61. The van der Waals surface area contributed by atoms with E-state index in [4.69, 9.17) is 16.3 Å². The molecule has 0 bridgehead atoms. The van der Waals surface area contributed by atoms with Gasteiger partial charge in [0.25, 0.3) is 5.69 Å². The minimum Gasteiger partial charge on any atom is -0.496 e. The van der Waals surface area contributed by atoms with Crippen LogP contribution in [0.5, 0.6) is 5.75 Å². The number of nitrogens with zero attached hydrogens (tertiary/aromatic N) is 1. The molecule has 26 heavy (non-hydrogen) atoms. The summed E-state index contributed by atoms with van der Waals surface area (Å²) < 4.78 is 5.18. The van der Waals surface area contributed by atoms with Gasteiger partial charge in [-0.15, -0.1) is 0 Å². The molecule has 0 aliphatic heterocycles. The number of anilines is 1. The van der Waals surface area contributed by atoms with Crippen molar-refractivity contribution in [3.05, 3.63) is 62.7 Å². The van der Waals surface area contributed by atoms with Crippen molar-refractivity contribution in [3.8, 4) is 5.75 Å². The molecule has 1 amide bonds. The smallest absolute Gasteiger partial charge is 0.271 e. The second kappa shape index (κ2) is 8.44. The monoisotopic (exact) mass is 376 g/mol. The highest BCUT2D eigenvalue weighted by atomic mass is 35.5. The molecule has 0 heterocycles. The Labute approximate surface area is 155 Å². The Morgan fingerprint density at radius 3 is 2.54 bits per heavy atom. The summed E-state index contributed by atoms with van der Waals surface area (Å²) in [7, 11) is 1.48. The molecule has 136 valence electrons. The Kier molecular flexibility index (Phi) is 6.30. The molecule has 0 unspecified atom stereocenters. The van der Waals surface area contributed by atoms with Crippen molar-refractivity contribution in [3.63, 3.8) is 0 Å². The van der Waals surface area contributed by atoms with Gasteiger partial charge < -0.3 is 10.1 Å². The number of nitrogens with one attached hydrogen (secondary N) is 1. The highest BCUT2D eigenvalue weighted by Crippen LogP contribution is 2.27. The van der Waals surface area contributed by atoms with Gasteiger partial charge in [-0.2, -0.15) is 0 Å². The second-order valence-corrected chi connectivity index (χ2v) is 6.00. The quantitative estimate of drug-likeness (QED) is 0.444. The Morgan fingerprint density at radius 2 is 1.92 bits per heavy atom. The summed E-state index contributed by atoms with van der Waals surface area (Å²) in [6.07, 6.45) is -0.0561. The van der Waals surface area contributed by atoms with Crippen LogP contribution in [0.15, 0.2) is 36.4 Å². The first-order valence-electron chi connectivity index (χ1n) is 7.73. The lowest BCUT2D eigenvalue weighted by atomic mass is 10.0. The summed E-state index contributed by atoms with van der Waals surface area (Å²) in [6, 6.07) is 9.00. The van der Waals surface area contributed by atoms with Crippen molar-refractivity contribution < 1.29 is 19.2 Å². The number of hydrogen-bond donors (Lipinski definition) is 1. The molecular weight excluding hydrogens is 360 g/mol. The summed E-state index contributed by atoms with van der Waals surface area (Å²) in [5.74, 6) is -0.171. The topological polar surface area (TPSA) is 98.5 Å². The predicted molar refractivity (Wildman–Crippen MR) is 98.0 cm³/mol. The van der Waals surface area contributed by atoms with Crippen LogP contribution in [0.3, 0.4) is 0 Å². The van der Waals surface area contributed by atoms with Gasteiger partial charge in [-0.3, -0.25) is 19.7 Å². The van der Waals surface area contributed by atoms with E-state index in [0.717, 1.165) is 11.6 Å². The second-order valence-electron chi connectivity index (χ2n) is 5.60. The van der Waals surface area contributed by atoms with Crippen LogP contribution in [0.1, 0.15) is 28.8 Å². The SMILES string of the molecule is COc1ccc(C)cc1C(=O)CCC(=O)Nc1ccc([N+](=O)[O-])cc1Cl. The molecule has 1 N–H and O–H groups in total. The maximum Gasteiger partial charge on any atom is 0.271 e. The summed E-state index contributed by atoms with van der Waals surface area (Å²) in [6.45, 7) is 1.86. The zero-order chi connectivity index (χ0) is 19.3. The highest BCUT2D eigenvalue weighted by Gasteiger charge is 2.16. The molecule has 0 atom stereocenters. The molecule has 0 aromatic heterocycles. The van der Waals surface area contributed by atoms with Gasteiger partial charge in [-0.25, -0.2) is 0 Å². The Hall–Kier alpha value is -2.93. The third kappa shape index (κ3) is 4.80. The Bertz CT molecular complexity index is 867. The number of rotatable bonds is 7. The number of ether oxygens (including phenoxy) is 1. The number of methoxy groups -OCH3 is 1. The van der Waals surface area contributed by atoms with Crippen LogP contribution in [0.25, 0.3) is 0 Å². The van der Waals surface area contributed by atoms with Gasteiger partial charge in [0.15, 0.2) is 5.78 Å². The predicted octanol–water partition coefficient (Wildman–Crippen LogP) is 4.17. The molecule has 0 aliphatic carbocycles. The summed E-state index contributed by atoms with van der Waals surface area (Å²) in [5.41, 5.74) is 1.42. The van der Waals surface area contributed by atoms with E-state index >= 15 is 0 Å². The van der Waals surface area contributed by atoms with Gasteiger partial charge in [0.05, 0.1) is 28.3 Å². The molecule has 0 fully saturated rings. The first-order valence-corrected chi connectivity index (χ1v) is 8.11. The minimum absolute atomic E-state index is 0.00372. The maximum absolute atomic E-state index is 12.4. The van der Waals surface area contributed by atoms with Crippen molar-refractivity contribution in [2.24, 2.45) is 0 Å². The minimum atomic E-state index is -0.578. The van der Waals surface area contributed by atoms with Crippen molar-refractivity contribution in [2.75, 3.05) is 12.4 Å². The lowest BCUT2D eigenvalue weighted by molar-refractivity contribution is -0.384. The van der Waals surface area contributed by atoms with E-state index in [1.165, 1.54) is 19.2 Å². The van der Waals surface area contributed by atoms with E-state index in [2.05, 4.69) is 5.32 Å². The number of aryl methyl sites for hydroxylation is 1. The van der Waals surface area contributed by atoms with Gasteiger partial charge >= 0.3 is 0 Å². The summed E-state index contributed by atoms with van der Waals surface area (Å²) in [4.78, 5) is 34.5. The van der Waals surface area contributed by atoms with E-state index in [1.54, 1.807) is 12.1 Å². The number of non-ortho nitro benzene ring substituents is 1. The lowest BCUT2D eigenvalue weighted by Crippen LogP contribution is -2.14. The van der Waals surface area contributed by atoms with Crippen LogP contribution in [0.2, 0.25) is 5.02 Å². The molecular formula is C18H17ClN2O5. The number of amides is 1. The van der Waals surface area contributed by atoms with Crippen LogP contribution in [-0.4, -0.2) is 23.7 Å². The van der Waals surface area contributed by atoms with E-state index < -0.39 is 10.8 Å². The van der Waals surface area contributed by atoms with Gasteiger partial charge in [0, 0.05) is 25.0 Å². The number of halogens is 1. The normalized spacial score (nSPS) is 10.3. The number of hydrogen-bond acceptors (Lipinski definition) is 5. The number of ketones is 1. The molecule has 2 aromatic carbocycles. The van der Waals surface area contributed by atoms with Gasteiger partial charge in [-0.1, -0.05) is 23.2 Å². The van der Waals surface area contributed by atoms with Gasteiger partial charge in [0.1, 0.15) is 5.75 Å². The number of Topliss-reactive ketones (excluding diaryl/α,β-unsaturated/α-hetero) is 1. The molecule has 0 radical (unpaired) electrons. The number of nitro benzene ring substituents is 1. The van der Waals surface area contributed by atoms with Crippen LogP contribution < -0.4 is 10.1 Å². The molecule has 0 spiro atoms. The number of nitro groups is 1. The molecule has 2 aromatic rings. The lowest BCUT2D eigenvalue weighted by Gasteiger charge is -2.09. The Balaban J connectivity index is 2.00. The highest BCUT2D eigenvalue weighted by molar-refractivity contribution is 6.34. The molecule has 0 saturated carbocycles. The standard InChI is InChI=1S/C18H17ClN2O5/c1-11-3-7-17(26-2)13(9-11)16(22)6-8-18(23)20-15-5-4-12(21(24)25)10-14(15)19/h3-5,7,9-10H,6,8H2,1-2H3,(H,20,23). The van der Waals surface area contributed by atoms with Crippen molar-refractivity contribution in [1.82, 2.24) is 0 Å². The van der Waals surface area contributed by atoms with Crippen LogP contribution in [0.4, 0.5) is 11.4 Å². The first kappa shape index (κ1) is 19.4. The fourth-order valence-electron chi connectivity index (χ4n) is 2.33. The fraction of sp³-hybridized carbons (Fsp3) is 0.222. The summed E-state index contributed by atoms with van der Waals surface area (Å²) in [5, 5.41) is 13.3. The van der Waals surface area contributed by atoms with Gasteiger partial charge in [0.2, 0.25) is 5.91 Å². The molecule has 0 saturated heterocycles. The van der Waals surface area contributed by atoms with Crippen molar-refractivity contribution in [2.45, 2.75) is 19.8 Å².